The lowest BCUT2D eigenvalue weighted by molar-refractivity contribution is 0.152. The zero-order valence-corrected chi connectivity index (χ0v) is 6.93. The van der Waals surface area contributed by atoms with Gasteiger partial charge in [-0.3, -0.25) is 0 Å². The average Bonchev–Trinajstić information content (AvgIpc) is 2.75. The molecule has 13 heavy (non-hydrogen) atoms. The van der Waals surface area contributed by atoms with E-state index >= 15 is 0 Å². The maximum absolute atomic E-state index is 9.11. The van der Waals surface area contributed by atoms with Crippen molar-refractivity contribution in [3.05, 3.63) is 18.3 Å². The van der Waals surface area contributed by atoms with Crippen LogP contribution in [0.15, 0.2) is 16.9 Å². The number of H-pyrrole nitrogens is 1. The lowest BCUT2D eigenvalue weighted by atomic mass is 10.4. The predicted octanol–water partition coefficient (Wildman–Crippen LogP) is 0.513. The van der Waals surface area contributed by atoms with Crippen LogP contribution in [0.3, 0.4) is 0 Å². The van der Waals surface area contributed by atoms with Gasteiger partial charge in [-0.25, -0.2) is 4.98 Å². The van der Waals surface area contributed by atoms with Crippen LogP contribution in [0.5, 0.6) is 0 Å². The largest absolute Gasteiger partial charge is 0.384 e. The van der Waals surface area contributed by atoms with Gasteiger partial charge in [-0.1, -0.05) is 5.16 Å². The van der Waals surface area contributed by atoms with E-state index in [2.05, 4.69) is 20.1 Å². The summed E-state index contributed by atoms with van der Waals surface area (Å²) in [5.74, 6) is 1.06. The van der Waals surface area contributed by atoms with Gasteiger partial charge in [0.2, 0.25) is 5.82 Å². The Labute approximate surface area is 73.6 Å². The standard InChI is InChI=1S/C7H8N4O2/c1-4(12)7-10-6(11-13-7)5-8-2-3-9-5/h2-4,12H,1H3,(H,8,9). The number of rotatable bonds is 2. The minimum Gasteiger partial charge on any atom is -0.384 e. The van der Waals surface area contributed by atoms with E-state index in [-0.39, 0.29) is 5.89 Å². The Bertz CT molecular complexity index is 379. The highest BCUT2D eigenvalue weighted by molar-refractivity contribution is 5.40. The van der Waals surface area contributed by atoms with E-state index < -0.39 is 6.10 Å². The van der Waals surface area contributed by atoms with Crippen molar-refractivity contribution in [2.75, 3.05) is 0 Å². The summed E-state index contributed by atoms with van der Waals surface area (Å²) in [4.78, 5) is 10.7. The molecule has 0 fully saturated rings. The normalized spacial score (nSPS) is 13.1. The Morgan fingerprint density at radius 2 is 2.46 bits per heavy atom. The minimum absolute atomic E-state index is 0.186. The first-order valence-corrected chi connectivity index (χ1v) is 3.79. The molecule has 68 valence electrons. The Hall–Kier alpha value is -1.69. The minimum atomic E-state index is -0.754. The van der Waals surface area contributed by atoms with E-state index in [1.165, 1.54) is 0 Å². The van der Waals surface area contributed by atoms with Crippen LogP contribution in [0.4, 0.5) is 0 Å². The molecule has 0 saturated carbocycles. The third-order valence-corrected chi connectivity index (χ3v) is 1.51. The zero-order valence-electron chi connectivity index (χ0n) is 6.93. The number of imidazole rings is 1. The zero-order chi connectivity index (χ0) is 9.26. The van der Waals surface area contributed by atoms with Crippen molar-refractivity contribution in [1.82, 2.24) is 20.1 Å². The maximum Gasteiger partial charge on any atom is 0.255 e. The fraction of sp³-hybridized carbons (Fsp3) is 0.286. The van der Waals surface area contributed by atoms with Crippen LogP contribution in [0.1, 0.15) is 18.9 Å². The van der Waals surface area contributed by atoms with Gasteiger partial charge in [0.1, 0.15) is 6.10 Å². The van der Waals surface area contributed by atoms with Crippen molar-refractivity contribution in [3.8, 4) is 11.6 Å². The molecule has 1 unspecified atom stereocenters. The van der Waals surface area contributed by atoms with Crippen LogP contribution in [-0.2, 0) is 0 Å². The molecule has 2 rings (SSSR count). The summed E-state index contributed by atoms with van der Waals surface area (Å²) < 4.78 is 4.78. The molecule has 6 heteroatoms. The molecule has 0 aliphatic rings. The Morgan fingerprint density at radius 3 is 3.00 bits per heavy atom. The van der Waals surface area contributed by atoms with Crippen molar-refractivity contribution in [2.24, 2.45) is 0 Å². The first kappa shape index (κ1) is 7.93. The summed E-state index contributed by atoms with van der Waals surface area (Å²) in [5.41, 5.74) is 0. The average molecular weight is 180 g/mol. The van der Waals surface area contributed by atoms with Crippen molar-refractivity contribution in [1.29, 1.82) is 0 Å². The topological polar surface area (TPSA) is 87.8 Å². The number of nitrogens with one attached hydrogen (secondary N) is 1. The number of hydrogen-bond donors (Lipinski definition) is 2. The second-order valence-electron chi connectivity index (χ2n) is 2.57. The van der Waals surface area contributed by atoms with Crippen LogP contribution >= 0.6 is 0 Å². The quantitative estimate of drug-likeness (QED) is 0.703. The molecule has 0 aliphatic heterocycles. The van der Waals surface area contributed by atoms with Gasteiger partial charge in [0.25, 0.3) is 5.89 Å². The molecule has 0 aliphatic carbocycles. The molecule has 2 aromatic rings. The molecule has 2 aromatic heterocycles. The molecule has 0 spiro atoms. The molecule has 0 saturated heterocycles. The molecule has 0 amide bonds. The van der Waals surface area contributed by atoms with Gasteiger partial charge in [-0.2, -0.15) is 4.98 Å². The SMILES string of the molecule is CC(O)c1nc(-c2ncc[nH]2)no1. The van der Waals surface area contributed by atoms with Crippen LogP contribution in [0.2, 0.25) is 0 Å². The van der Waals surface area contributed by atoms with Gasteiger partial charge in [-0.05, 0) is 6.92 Å². The van der Waals surface area contributed by atoms with Gasteiger partial charge in [0.05, 0.1) is 0 Å². The molecule has 0 aromatic carbocycles. The smallest absolute Gasteiger partial charge is 0.255 e. The van der Waals surface area contributed by atoms with Crippen LogP contribution in [0, 0.1) is 0 Å². The molecule has 2 heterocycles. The third kappa shape index (κ3) is 1.43. The van der Waals surface area contributed by atoms with Gasteiger partial charge in [-0.15, -0.1) is 0 Å². The number of hydrogen-bond acceptors (Lipinski definition) is 5. The first-order chi connectivity index (χ1) is 6.27. The fourth-order valence-electron chi connectivity index (χ4n) is 0.889. The van der Waals surface area contributed by atoms with Crippen LogP contribution in [-0.4, -0.2) is 25.2 Å². The fourth-order valence-corrected chi connectivity index (χ4v) is 0.889. The van der Waals surface area contributed by atoms with Gasteiger partial charge in [0.15, 0.2) is 5.82 Å². The Balaban J connectivity index is 2.33. The molecule has 1 atom stereocenters. The van der Waals surface area contributed by atoms with Gasteiger partial charge >= 0.3 is 0 Å². The van der Waals surface area contributed by atoms with Crippen molar-refractivity contribution in [2.45, 2.75) is 13.0 Å². The van der Waals surface area contributed by atoms with Crippen molar-refractivity contribution >= 4 is 0 Å². The summed E-state index contributed by atoms with van der Waals surface area (Å²) in [5, 5.41) is 12.7. The van der Waals surface area contributed by atoms with E-state index in [0.717, 1.165) is 0 Å². The van der Waals surface area contributed by atoms with Gasteiger partial charge in [0, 0.05) is 12.4 Å². The number of aliphatic hydroxyl groups is 1. The summed E-state index contributed by atoms with van der Waals surface area (Å²) in [6, 6.07) is 0. The second-order valence-corrected chi connectivity index (χ2v) is 2.57. The van der Waals surface area contributed by atoms with E-state index in [1.807, 2.05) is 0 Å². The number of aromatic nitrogens is 4. The maximum atomic E-state index is 9.11. The van der Waals surface area contributed by atoms with Crippen LogP contribution < -0.4 is 0 Å². The van der Waals surface area contributed by atoms with E-state index in [1.54, 1.807) is 19.3 Å². The Morgan fingerprint density at radius 1 is 1.62 bits per heavy atom. The van der Waals surface area contributed by atoms with Gasteiger partial charge < -0.3 is 14.6 Å². The summed E-state index contributed by atoms with van der Waals surface area (Å²) >= 11 is 0. The van der Waals surface area contributed by atoms with Crippen molar-refractivity contribution in [3.63, 3.8) is 0 Å². The predicted molar refractivity (Wildman–Crippen MR) is 42.5 cm³/mol. The van der Waals surface area contributed by atoms with E-state index in [4.69, 9.17) is 9.63 Å². The molecule has 0 bridgehead atoms. The first-order valence-electron chi connectivity index (χ1n) is 3.79. The second kappa shape index (κ2) is 2.98. The highest BCUT2D eigenvalue weighted by Gasteiger charge is 2.13. The van der Waals surface area contributed by atoms with E-state index in [9.17, 15) is 0 Å². The monoisotopic (exact) mass is 180 g/mol. The Kier molecular flexibility index (Phi) is 1.82. The summed E-state index contributed by atoms with van der Waals surface area (Å²) in [6.45, 7) is 1.55. The molecular weight excluding hydrogens is 172 g/mol. The highest BCUT2D eigenvalue weighted by Crippen LogP contribution is 2.14. The third-order valence-electron chi connectivity index (χ3n) is 1.51. The summed E-state index contributed by atoms with van der Waals surface area (Å²) in [7, 11) is 0. The molecule has 2 N–H and O–H groups in total. The van der Waals surface area contributed by atoms with E-state index in [0.29, 0.717) is 11.6 Å². The molecule has 0 radical (unpaired) electrons. The lowest BCUT2D eigenvalue weighted by Crippen LogP contribution is -1.90. The molecular formula is C7H8N4O2. The number of nitrogens with zero attached hydrogens (tertiary/aromatic N) is 3. The number of aliphatic hydroxyl groups excluding tert-OH is 1. The van der Waals surface area contributed by atoms with Crippen LogP contribution in [0.25, 0.3) is 11.6 Å². The lowest BCUT2D eigenvalue weighted by Gasteiger charge is -1.91. The molecule has 6 nitrogen and oxygen atoms in total. The summed E-state index contributed by atoms with van der Waals surface area (Å²) in [6.07, 6.45) is 2.50. The van der Waals surface area contributed by atoms with Crippen molar-refractivity contribution < 1.29 is 9.63 Å². The highest BCUT2D eigenvalue weighted by atomic mass is 16.5. The number of aromatic amines is 1.